The number of halogens is 1. The smallest absolute Gasteiger partial charge is 0.290 e. The van der Waals surface area contributed by atoms with Crippen LogP contribution in [0.4, 0.5) is 15.9 Å². The van der Waals surface area contributed by atoms with E-state index in [0.717, 1.165) is 34.9 Å². The van der Waals surface area contributed by atoms with Crippen molar-refractivity contribution in [3.8, 4) is 11.5 Å². The standard InChI is InChI=1S/C21H20FN3O4/c1-28-18-7-3-15(4-8-18)13-24(14-16-5-9-19(29-2)10-6-16)21-20(22)11-17(12-23-21)25(26)27/h3-12H,13-14H2,1-2H3. The van der Waals surface area contributed by atoms with E-state index in [1.54, 1.807) is 19.1 Å². The fraction of sp³-hybridized carbons (Fsp3) is 0.190. The van der Waals surface area contributed by atoms with Crippen LogP contribution in [-0.4, -0.2) is 24.1 Å². The van der Waals surface area contributed by atoms with Crippen LogP contribution in [0.1, 0.15) is 11.1 Å². The molecular weight excluding hydrogens is 377 g/mol. The Labute approximate surface area is 167 Å². The van der Waals surface area contributed by atoms with Gasteiger partial charge in [-0.2, -0.15) is 0 Å². The summed E-state index contributed by atoms with van der Waals surface area (Å²) < 4.78 is 25.0. The van der Waals surface area contributed by atoms with Gasteiger partial charge in [-0.3, -0.25) is 10.1 Å². The highest BCUT2D eigenvalue weighted by atomic mass is 19.1. The molecule has 0 aliphatic rings. The lowest BCUT2D eigenvalue weighted by molar-refractivity contribution is -0.385. The van der Waals surface area contributed by atoms with Crippen molar-refractivity contribution in [3.05, 3.63) is 87.9 Å². The van der Waals surface area contributed by atoms with E-state index in [9.17, 15) is 14.5 Å². The van der Waals surface area contributed by atoms with Gasteiger partial charge in [-0.15, -0.1) is 0 Å². The van der Waals surface area contributed by atoms with Crippen molar-refractivity contribution in [1.82, 2.24) is 4.98 Å². The highest BCUT2D eigenvalue weighted by molar-refractivity contribution is 5.46. The number of anilines is 1. The van der Waals surface area contributed by atoms with Crippen LogP contribution in [-0.2, 0) is 13.1 Å². The van der Waals surface area contributed by atoms with E-state index in [1.165, 1.54) is 0 Å². The number of nitrogens with zero attached hydrogens (tertiary/aromatic N) is 3. The zero-order chi connectivity index (χ0) is 20.8. The van der Waals surface area contributed by atoms with Gasteiger partial charge in [0.1, 0.15) is 17.7 Å². The van der Waals surface area contributed by atoms with Crippen LogP contribution in [0.25, 0.3) is 0 Å². The predicted octanol–water partition coefficient (Wildman–Crippen LogP) is 4.35. The minimum Gasteiger partial charge on any atom is -0.497 e. The van der Waals surface area contributed by atoms with Crippen molar-refractivity contribution in [3.63, 3.8) is 0 Å². The quantitative estimate of drug-likeness (QED) is 0.415. The fourth-order valence-corrected chi connectivity index (χ4v) is 2.86. The molecule has 3 aromatic rings. The Bertz CT molecular complexity index is 929. The highest BCUT2D eigenvalue weighted by Gasteiger charge is 2.18. The molecule has 0 fully saturated rings. The molecule has 0 saturated heterocycles. The maximum Gasteiger partial charge on any atom is 0.290 e. The third-order valence-electron chi connectivity index (χ3n) is 4.38. The van der Waals surface area contributed by atoms with Crippen LogP contribution in [0.5, 0.6) is 11.5 Å². The molecule has 0 atom stereocenters. The van der Waals surface area contributed by atoms with Gasteiger partial charge in [0.05, 0.1) is 25.2 Å². The molecule has 0 bridgehead atoms. The third-order valence-corrected chi connectivity index (χ3v) is 4.38. The average molecular weight is 397 g/mol. The maximum atomic E-state index is 14.7. The van der Waals surface area contributed by atoms with Crippen LogP contribution in [0, 0.1) is 15.9 Å². The molecule has 0 N–H and O–H groups in total. The summed E-state index contributed by atoms with van der Waals surface area (Å²) in [6.07, 6.45) is 1.06. The lowest BCUT2D eigenvalue weighted by Gasteiger charge is -2.24. The Morgan fingerprint density at radius 1 is 0.966 bits per heavy atom. The molecule has 0 saturated carbocycles. The van der Waals surface area contributed by atoms with Crippen molar-refractivity contribution >= 4 is 11.5 Å². The second kappa shape index (κ2) is 9.01. The molecule has 7 nitrogen and oxygen atoms in total. The van der Waals surface area contributed by atoms with E-state index >= 15 is 0 Å². The molecule has 150 valence electrons. The zero-order valence-electron chi connectivity index (χ0n) is 16.0. The molecule has 0 unspecified atom stereocenters. The van der Waals surface area contributed by atoms with Gasteiger partial charge < -0.3 is 14.4 Å². The average Bonchev–Trinajstić information content (AvgIpc) is 2.74. The number of benzene rings is 2. The number of rotatable bonds is 8. The molecule has 3 rings (SSSR count). The zero-order valence-corrected chi connectivity index (χ0v) is 16.0. The van der Waals surface area contributed by atoms with E-state index in [1.807, 2.05) is 48.5 Å². The Kier molecular flexibility index (Phi) is 6.23. The normalized spacial score (nSPS) is 10.4. The van der Waals surface area contributed by atoms with Gasteiger partial charge in [-0.25, -0.2) is 9.37 Å². The van der Waals surface area contributed by atoms with Crippen molar-refractivity contribution in [2.24, 2.45) is 0 Å². The Morgan fingerprint density at radius 3 is 1.83 bits per heavy atom. The molecule has 2 aromatic carbocycles. The molecule has 1 heterocycles. The first-order valence-corrected chi connectivity index (χ1v) is 8.81. The summed E-state index contributed by atoms with van der Waals surface area (Å²) in [7, 11) is 3.17. The summed E-state index contributed by atoms with van der Waals surface area (Å²) in [6.45, 7) is 0.718. The van der Waals surface area contributed by atoms with Gasteiger partial charge in [0.25, 0.3) is 5.69 Å². The molecule has 0 aliphatic heterocycles. The van der Waals surface area contributed by atoms with Gasteiger partial charge in [-0.1, -0.05) is 24.3 Å². The van der Waals surface area contributed by atoms with E-state index in [2.05, 4.69) is 4.98 Å². The number of ether oxygens (including phenoxy) is 2. The summed E-state index contributed by atoms with van der Waals surface area (Å²) in [5, 5.41) is 10.9. The van der Waals surface area contributed by atoms with Crippen LogP contribution in [0.3, 0.4) is 0 Å². The van der Waals surface area contributed by atoms with E-state index in [-0.39, 0.29) is 11.5 Å². The summed E-state index contributed by atoms with van der Waals surface area (Å²) in [5.74, 6) is 0.730. The predicted molar refractivity (Wildman–Crippen MR) is 107 cm³/mol. The van der Waals surface area contributed by atoms with Crippen LogP contribution in [0.2, 0.25) is 0 Å². The lowest BCUT2D eigenvalue weighted by atomic mass is 10.1. The first kappa shape index (κ1) is 20.1. The maximum absolute atomic E-state index is 14.7. The molecule has 8 heteroatoms. The number of pyridine rings is 1. The molecule has 0 amide bonds. The van der Waals surface area contributed by atoms with Crippen molar-refractivity contribution in [2.45, 2.75) is 13.1 Å². The van der Waals surface area contributed by atoms with Crippen LogP contribution in [0.15, 0.2) is 60.8 Å². The van der Waals surface area contributed by atoms with E-state index in [0.29, 0.717) is 13.1 Å². The summed E-state index contributed by atoms with van der Waals surface area (Å²) in [5.41, 5.74) is 1.44. The number of nitro groups is 1. The van der Waals surface area contributed by atoms with Crippen LogP contribution >= 0.6 is 0 Å². The fourth-order valence-electron chi connectivity index (χ4n) is 2.86. The summed E-state index contributed by atoms with van der Waals surface area (Å²) in [4.78, 5) is 16.0. The first-order valence-electron chi connectivity index (χ1n) is 8.81. The number of hydrogen-bond acceptors (Lipinski definition) is 6. The minimum absolute atomic E-state index is 0.0437. The molecule has 0 aliphatic carbocycles. The second-order valence-corrected chi connectivity index (χ2v) is 6.31. The molecular formula is C21H20FN3O4. The molecule has 0 spiro atoms. The number of methoxy groups -OCH3 is 2. The third kappa shape index (κ3) is 4.98. The summed E-state index contributed by atoms with van der Waals surface area (Å²) in [6, 6.07) is 15.7. The van der Waals surface area contributed by atoms with Gasteiger partial charge in [-0.05, 0) is 35.4 Å². The van der Waals surface area contributed by atoms with Crippen molar-refractivity contribution < 1.29 is 18.8 Å². The SMILES string of the molecule is COc1ccc(CN(Cc2ccc(OC)cc2)c2ncc([N+](=O)[O-])cc2F)cc1. The topological polar surface area (TPSA) is 77.7 Å². The monoisotopic (exact) mass is 397 g/mol. The molecule has 0 radical (unpaired) electrons. The number of hydrogen-bond donors (Lipinski definition) is 0. The Balaban J connectivity index is 1.92. The lowest BCUT2D eigenvalue weighted by Crippen LogP contribution is -2.24. The Hall–Kier alpha value is -3.68. The highest BCUT2D eigenvalue weighted by Crippen LogP contribution is 2.25. The van der Waals surface area contributed by atoms with E-state index in [4.69, 9.17) is 9.47 Å². The van der Waals surface area contributed by atoms with Gasteiger partial charge in [0, 0.05) is 13.1 Å². The van der Waals surface area contributed by atoms with Gasteiger partial charge in [0.2, 0.25) is 0 Å². The van der Waals surface area contributed by atoms with Gasteiger partial charge >= 0.3 is 0 Å². The largest absolute Gasteiger partial charge is 0.497 e. The van der Waals surface area contributed by atoms with Crippen LogP contribution < -0.4 is 14.4 Å². The number of aromatic nitrogens is 1. The van der Waals surface area contributed by atoms with E-state index < -0.39 is 10.7 Å². The second-order valence-electron chi connectivity index (χ2n) is 6.31. The minimum atomic E-state index is -0.749. The molecule has 1 aromatic heterocycles. The first-order chi connectivity index (χ1) is 14.0. The Morgan fingerprint density at radius 2 is 1.45 bits per heavy atom. The van der Waals surface area contributed by atoms with Gasteiger partial charge in [0.15, 0.2) is 11.6 Å². The van der Waals surface area contributed by atoms with Crippen molar-refractivity contribution in [1.29, 1.82) is 0 Å². The summed E-state index contributed by atoms with van der Waals surface area (Å²) >= 11 is 0. The van der Waals surface area contributed by atoms with Crippen molar-refractivity contribution in [2.75, 3.05) is 19.1 Å². The molecule has 29 heavy (non-hydrogen) atoms.